The number of rotatable bonds is 1. The van der Waals surface area contributed by atoms with Crippen LogP contribution < -0.4 is 5.32 Å². The molecule has 0 bridgehead atoms. The van der Waals surface area contributed by atoms with Gasteiger partial charge >= 0.3 is 0 Å². The number of hydrogen-bond acceptors (Lipinski definition) is 1. The van der Waals surface area contributed by atoms with Crippen LogP contribution in [-0.2, 0) is 0 Å². The highest BCUT2D eigenvalue weighted by atomic mass is 127. The maximum atomic E-state index is 3.60. The minimum atomic E-state index is 0.593. The first-order valence-corrected chi connectivity index (χ1v) is 6.35. The third-order valence-electron chi connectivity index (χ3n) is 2.91. The Balaban J connectivity index is 2.26. The van der Waals surface area contributed by atoms with Gasteiger partial charge in [0.1, 0.15) is 0 Å². The summed E-state index contributed by atoms with van der Waals surface area (Å²) in [6, 6.07) is 7.21. The average molecular weight is 301 g/mol. The van der Waals surface area contributed by atoms with Crippen molar-refractivity contribution in [3.05, 3.63) is 32.9 Å². The Hall–Kier alpha value is -0.0900. The van der Waals surface area contributed by atoms with E-state index in [2.05, 4.69) is 53.0 Å². The molecule has 76 valence electrons. The molecule has 14 heavy (non-hydrogen) atoms. The van der Waals surface area contributed by atoms with Gasteiger partial charge in [0.25, 0.3) is 0 Å². The second-order valence-corrected chi connectivity index (χ2v) is 5.06. The predicted octanol–water partition coefficient (Wildman–Crippen LogP) is 3.41. The van der Waals surface area contributed by atoms with Gasteiger partial charge in [-0.3, -0.25) is 0 Å². The molecule has 1 fully saturated rings. The van der Waals surface area contributed by atoms with Gasteiger partial charge in [-0.1, -0.05) is 24.6 Å². The van der Waals surface area contributed by atoms with E-state index in [0.29, 0.717) is 6.04 Å². The van der Waals surface area contributed by atoms with Gasteiger partial charge in [-0.25, -0.2) is 0 Å². The molecule has 1 N–H and O–H groups in total. The smallest absolute Gasteiger partial charge is 0.0330 e. The first-order valence-electron chi connectivity index (χ1n) is 5.27. The van der Waals surface area contributed by atoms with Crippen LogP contribution in [0, 0.1) is 10.5 Å². The van der Waals surface area contributed by atoms with Crippen molar-refractivity contribution < 1.29 is 0 Å². The molecule has 1 atom stereocenters. The van der Waals surface area contributed by atoms with Gasteiger partial charge in [0.2, 0.25) is 0 Å². The lowest BCUT2D eigenvalue weighted by Gasteiger charge is -2.25. The molecule has 1 aliphatic rings. The van der Waals surface area contributed by atoms with Gasteiger partial charge in [0.05, 0.1) is 0 Å². The van der Waals surface area contributed by atoms with Crippen molar-refractivity contribution in [3.63, 3.8) is 0 Å². The van der Waals surface area contributed by atoms with Crippen molar-refractivity contribution in [2.24, 2.45) is 0 Å². The molecule has 1 heterocycles. The topological polar surface area (TPSA) is 12.0 Å². The zero-order chi connectivity index (χ0) is 9.97. The maximum Gasteiger partial charge on any atom is 0.0330 e. The van der Waals surface area contributed by atoms with E-state index >= 15 is 0 Å². The summed E-state index contributed by atoms with van der Waals surface area (Å²) in [5.74, 6) is 0. The van der Waals surface area contributed by atoms with Crippen molar-refractivity contribution in [2.45, 2.75) is 32.2 Å². The summed E-state index contributed by atoms with van der Waals surface area (Å²) >= 11 is 2.47. The molecule has 2 rings (SSSR count). The molecule has 1 aromatic carbocycles. The van der Waals surface area contributed by atoms with Crippen LogP contribution >= 0.6 is 22.6 Å². The maximum absolute atomic E-state index is 3.60. The van der Waals surface area contributed by atoms with E-state index in [4.69, 9.17) is 0 Å². The number of benzene rings is 1. The summed E-state index contributed by atoms with van der Waals surface area (Å²) in [6.45, 7) is 3.36. The van der Waals surface area contributed by atoms with E-state index in [1.807, 2.05) is 0 Å². The Kier molecular flexibility index (Phi) is 3.44. The second-order valence-electron chi connectivity index (χ2n) is 3.98. The SMILES string of the molecule is Cc1cccc(C2CCCCN2)c1I. The van der Waals surface area contributed by atoms with Crippen LogP contribution in [0.4, 0.5) is 0 Å². The van der Waals surface area contributed by atoms with Crippen LogP contribution in [0.1, 0.15) is 36.4 Å². The molecule has 1 unspecified atom stereocenters. The van der Waals surface area contributed by atoms with Crippen LogP contribution in [0.3, 0.4) is 0 Å². The molecule has 2 heteroatoms. The molecule has 0 radical (unpaired) electrons. The number of hydrogen-bond donors (Lipinski definition) is 1. The number of aryl methyl sites for hydroxylation is 1. The first kappa shape index (κ1) is 10.4. The Morgan fingerprint density at radius 2 is 2.21 bits per heavy atom. The van der Waals surface area contributed by atoms with Crippen molar-refractivity contribution in [3.8, 4) is 0 Å². The first-order chi connectivity index (χ1) is 6.79. The normalized spacial score (nSPS) is 22.3. The van der Waals surface area contributed by atoms with Gasteiger partial charge in [-0.05, 0) is 60.0 Å². The van der Waals surface area contributed by atoms with Crippen molar-refractivity contribution in [1.82, 2.24) is 5.32 Å². The fraction of sp³-hybridized carbons (Fsp3) is 0.500. The van der Waals surface area contributed by atoms with Gasteiger partial charge in [-0.2, -0.15) is 0 Å². The zero-order valence-corrected chi connectivity index (χ0v) is 10.7. The third kappa shape index (κ3) is 2.11. The molecule has 1 nitrogen and oxygen atoms in total. The van der Waals surface area contributed by atoms with E-state index in [0.717, 1.165) is 0 Å². The Morgan fingerprint density at radius 1 is 1.36 bits per heavy atom. The molecule has 1 saturated heterocycles. The Labute approximate surface area is 99.4 Å². The van der Waals surface area contributed by atoms with Crippen LogP contribution in [0.15, 0.2) is 18.2 Å². The van der Waals surface area contributed by atoms with E-state index < -0.39 is 0 Å². The average Bonchev–Trinajstić information content (AvgIpc) is 2.23. The fourth-order valence-corrected chi connectivity index (χ4v) is 2.79. The number of nitrogens with one attached hydrogen (secondary N) is 1. The van der Waals surface area contributed by atoms with Gasteiger partial charge in [0.15, 0.2) is 0 Å². The standard InChI is InChI=1S/C12H16IN/c1-9-5-4-6-10(12(9)13)11-7-2-3-8-14-11/h4-6,11,14H,2-3,7-8H2,1H3. The van der Waals surface area contributed by atoms with Crippen LogP contribution in [0.2, 0.25) is 0 Å². The van der Waals surface area contributed by atoms with Gasteiger partial charge in [-0.15, -0.1) is 0 Å². The largest absolute Gasteiger partial charge is 0.310 e. The van der Waals surface area contributed by atoms with Gasteiger partial charge in [0, 0.05) is 9.61 Å². The van der Waals surface area contributed by atoms with E-state index in [1.54, 1.807) is 0 Å². The monoisotopic (exact) mass is 301 g/mol. The minimum absolute atomic E-state index is 0.593. The molecule has 0 saturated carbocycles. The zero-order valence-electron chi connectivity index (χ0n) is 8.52. The van der Waals surface area contributed by atoms with Gasteiger partial charge < -0.3 is 5.32 Å². The summed E-state index contributed by atoms with van der Waals surface area (Å²) in [4.78, 5) is 0. The van der Waals surface area contributed by atoms with E-state index in [1.165, 1.54) is 40.5 Å². The van der Waals surface area contributed by atoms with Crippen molar-refractivity contribution in [1.29, 1.82) is 0 Å². The molecule has 0 aromatic heterocycles. The van der Waals surface area contributed by atoms with Crippen LogP contribution in [-0.4, -0.2) is 6.54 Å². The number of halogens is 1. The molecular formula is C12H16IN. The second kappa shape index (κ2) is 4.62. The third-order valence-corrected chi connectivity index (χ3v) is 4.38. The molecule has 0 aliphatic carbocycles. The lowest BCUT2D eigenvalue weighted by Crippen LogP contribution is -2.27. The summed E-state index contributed by atoms with van der Waals surface area (Å²) < 4.78 is 1.43. The van der Waals surface area contributed by atoms with Crippen LogP contribution in [0.5, 0.6) is 0 Å². The Morgan fingerprint density at radius 3 is 2.93 bits per heavy atom. The highest BCUT2D eigenvalue weighted by Crippen LogP contribution is 2.28. The predicted molar refractivity (Wildman–Crippen MR) is 68.5 cm³/mol. The Bertz CT molecular complexity index is 316. The molecule has 1 aliphatic heterocycles. The molecule has 0 spiro atoms. The van der Waals surface area contributed by atoms with Crippen LogP contribution in [0.25, 0.3) is 0 Å². The summed E-state index contributed by atoms with van der Waals surface area (Å²) in [5, 5.41) is 3.60. The van der Waals surface area contributed by atoms with Crippen molar-refractivity contribution >= 4 is 22.6 Å². The molecule has 1 aromatic rings. The summed E-state index contributed by atoms with van der Waals surface area (Å²) in [5.41, 5.74) is 2.89. The molecule has 0 amide bonds. The van der Waals surface area contributed by atoms with E-state index in [-0.39, 0.29) is 0 Å². The number of piperidine rings is 1. The highest BCUT2D eigenvalue weighted by molar-refractivity contribution is 14.1. The van der Waals surface area contributed by atoms with Crippen molar-refractivity contribution in [2.75, 3.05) is 6.54 Å². The summed E-state index contributed by atoms with van der Waals surface area (Å²) in [6.07, 6.45) is 3.99. The summed E-state index contributed by atoms with van der Waals surface area (Å²) in [7, 11) is 0. The highest BCUT2D eigenvalue weighted by Gasteiger charge is 2.17. The lowest BCUT2D eigenvalue weighted by molar-refractivity contribution is 0.411. The quantitative estimate of drug-likeness (QED) is 0.784. The lowest BCUT2D eigenvalue weighted by atomic mass is 9.96. The minimum Gasteiger partial charge on any atom is -0.310 e. The van der Waals surface area contributed by atoms with E-state index in [9.17, 15) is 0 Å². The molecular weight excluding hydrogens is 285 g/mol. The fourth-order valence-electron chi connectivity index (χ4n) is 2.06.